The van der Waals surface area contributed by atoms with E-state index in [2.05, 4.69) is 13.8 Å². The molecule has 0 atom stereocenters. The van der Waals surface area contributed by atoms with Crippen LogP contribution in [0.3, 0.4) is 0 Å². The van der Waals surface area contributed by atoms with Gasteiger partial charge in [0.1, 0.15) is 0 Å². The number of carbonyl (C=O) groups is 2. The molecular formula is C12H15NO3S. The Balaban J connectivity index is 2.80. The van der Waals surface area contributed by atoms with Gasteiger partial charge in [-0.05, 0) is 24.3 Å². The Kier molecular flexibility index (Phi) is 4.57. The van der Waals surface area contributed by atoms with Crippen LogP contribution in [0.15, 0.2) is 29.2 Å². The number of hydrogen-bond donors (Lipinski definition) is 1. The van der Waals surface area contributed by atoms with Crippen molar-refractivity contribution in [1.29, 1.82) is 0 Å². The first-order valence-corrected chi connectivity index (χ1v) is 6.07. The minimum atomic E-state index is -1.45. The molecule has 0 aliphatic rings. The fourth-order valence-corrected chi connectivity index (χ4v) is 2.12. The van der Waals surface area contributed by atoms with E-state index in [0.29, 0.717) is 10.9 Å². The average molecular weight is 253 g/mol. The zero-order chi connectivity index (χ0) is 13.0. The van der Waals surface area contributed by atoms with Crippen molar-refractivity contribution in [1.82, 2.24) is 0 Å². The Hall–Kier alpha value is -1.49. The topological polar surface area (TPSA) is 57.6 Å². The molecule has 0 heterocycles. The summed E-state index contributed by atoms with van der Waals surface area (Å²) < 4.78 is 0. The van der Waals surface area contributed by atoms with E-state index in [9.17, 15) is 9.59 Å². The number of nitrogens with zero attached hydrogens (tertiary/aromatic N) is 1. The van der Waals surface area contributed by atoms with Gasteiger partial charge in [-0.3, -0.25) is 4.79 Å². The standard InChI is InChI=1S/C12H15NO3S/c1-8(2)17-10-6-4-9(5-7-10)13(3)11(14)12(15)16/h4-8H,1-3H3,(H,15,16). The van der Waals surface area contributed by atoms with E-state index in [-0.39, 0.29) is 0 Å². The molecule has 0 aliphatic carbocycles. The Labute approximate surface area is 105 Å². The summed E-state index contributed by atoms with van der Waals surface area (Å²) in [7, 11) is 1.45. The van der Waals surface area contributed by atoms with Gasteiger partial charge in [0.2, 0.25) is 0 Å². The summed E-state index contributed by atoms with van der Waals surface area (Å²) in [5.74, 6) is -2.39. The molecule has 1 aromatic rings. The number of benzene rings is 1. The number of carbonyl (C=O) groups excluding carboxylic acids is 1. The summed E-state index contributed by atoms with van der Waals surface area (Å²) in [5, 5.41) is 9.08. The van der Waals surface area contributed by atoms with E-state index < -0.39 is 11.9 Å². The molecule has 0 unspecified atom stereocenters. The van der Waals surface area contributed by atoms with Crippen molar-refractivity contribution in [3.05, 3.63) is 24.3 Å². The normalized spacial score (nSPS) is 10.4. The third kappa shape index (κ3) is 3.78. The molecular weight excluding hydrogens is 238 g/mol. The number of anilines is 1. The van der Waals surface area contributed by atoms with E-state index in [4.69, 9.17) is 5.11 Å². The van der Waals surface area contributed by atoms with Gasteiger partial charge in [-0.15, -0.1) is 11.8 Å². The van der Waals surface area contributed by atoms with E-state index in [1.165, 1.54) is 7.05 Å². The molecule has 1 rings (SSSR count). The van der Waals surface area contributed by atoms with Crippen LogP contribution in [0.2, 0.25) is 0 Å². The minimum Gasteiger partial charge on any atom is -0.474 e. The van der Waals surface area contributed by atoms with Gasteiger partial charge < -0.3 is 10.0 Å². The number of hydrogen-bond acceptors (Lipinski definition) is 3. The van der Waals surface area contributed by atoms with Crippen LogP contribution in [0.4, 0.5) is 5.69 Å². The van der Waals surface area contributed by atoms with Crippen molar-refractivity contribution in [3.8, 4) is 0 Å². The SMILES string of the molecule is CC(C)Sc1ccc(N(C)C(=O)C(=O)O)cc1. The Morgan fingerprint density at radius 1 is 1.24 bits per heavy atom. The molecule has 0 spiro atoms. The number of likely N-dealkylation sites (N-methyl/N-ethyl adjacent to an activating group) is 1. The summed E-state index contributed by atoms with van der Waals surface area (Å²) in [5.41, 5.74) is 0.575. The molecule has 1 amide bonds. The predicted molar refractivity (Wildman–Crippen MR) is 68.5 cm³/mol. The summed E-state index contributed by atoms with van der Waals surface area (Å²) in [6.07, 6.45) is 0. The minimum absolute atomic E-state index is 0.485. The Bertz CT molecular complexity index is 414. The highest BCUT2D eigenvalue weighted by molar-refractivity contribution is 7.99. The van der Waals surface area contributed by atoms with Crippen molar-refractivity contribution >= 4 is 29.3 Å². The Morgan fingerprint density at radius 3 is 2.18 bits per heavy atom. The first-order chi connectivity index (χ1) is 7.91. The van der Waals surface area contributed by atoms with Gasteiger partial charge in [-0.25, -0.2) is 4.79 Å². The largest absolute Gasteiger partial charge is 0.474 e. The number of carboxylic acid groups (broad SMARTS) is 1. The average Bonchev–Trinajstić information content (AvgIpc) is 2.27. The van der Waals surface area contributed by atoms with Crippen LogP contribution >= 0.6 is 11.8 Å². The van der Waals surface area contributed by atoms with Gasteiger partial charge in [0, 0.05) is 22.9 Å². The lowest BCUT2D eigenvalue weighted by Crippen LogP contribution is -2.32. The summed E-state index contributed by atoms with van der Waals surface area (Å²) in [6.45, 7) is 4.19. The summed E-state index contributed by atoms with van der Waals surface area (Å²) >= 11 is 1.71. The maximum Gasteiger partial charge on any atom is 0.394 e. The van der Waals surface area contributed by atoms with Crippen molar-refractivity contribution in [2.75, 3.05) is 11.9 Å². The highest BCUT2D eigenvalue weighted by Crippen LogP contribution is 2.25. The molecule has 0 aliphatic heterocycles. The quantitative estimate of drug-likeness (QED) is 0.663. The van der Waals surface area contributed by atoms with Crippen LogP contribution in [0, 0.1) is 0 Å². The van der Waals surface area contributed by atoms with Gasteiger partial charge in [-0.1, -0.05) is 13.8 Å². The molecule has 0 bridgehead atoms. The molecule has 17 heavy (non-hydrogen) atoms. The van der Waals surface area contributed by atoms with Crippen LogP contribution in [0.5, 0.6) is 0 Å². The molecule has 0 aromatic heterocycles. The van der Waals surface area contributed by atoms with Crippen LogP contribution in [0.1, 0.15) is 13.8 Å². The lowest BCUT2D eigenvalue weighted by atomic mass is 10.3. The van der Waals surface area contributed by atoms with Gasteiger partial charge in [0.15, 0.2) is 0 Å². The smallest absolute Gasteiger partial charge is 0.394 e. The monoisotopic (exact) mass is 253 g/mol. The van der Waals surface area contributed by atoms with Gasteiger partial charge in [0.05, 0.1) is 0 Å². The van der Waals surface area contributed by atoms with Crippen molar-refractivity contribution in [2.45, 2.75) is 24.0 Å². The zero-order valence-electron chi connectivity index (χ0n) is 10.0. The van der Waals surface area contributed by atoms with Crippen molar-refractivity contribution in [2.24, 2.45) is 0 Å². The number of carboxylic acids is 1. The highest BCUT2D eigenvalue weighted by atomic mass is 32.2. The fourth-order valence-electron chi connectivity index (χ4n) is 1.28. The van der Waals surface area contributed by atoms with Crippen LogP contribution in [-0.4, -0.2) is 29.3 Å². The molecule has 1 N–H and O–H groups in total. The molecule has 0 fully saturated rings. The number of aliphatic carboxylic acids is 1. The molecule has 1 aromatic carbocycles. The highest BCUT2D eigenvalue weighted by Gasteiger charge is 2.18. The van der Waals surface area contributed by atoms with E-state index in [0.717, 1.165) is 9.80 Å². The van der Waals surface area contributed by atoms with E-state index in [1.54, 1.807) is 23.9 Å². The summed E-state index contributed by atoms with van der Waals surface area (Å²) in [6, 6.07) is 7.24. The lowest BCUT2D eigenvalue weighted by molar-refractivity contribution is -0.148. The van der Waals surface area contributed by atoms with E-state index >= 15 is 0 Å². The second-order valence-electron chi connectivity index (χ2n) is 3.83. The molecule has 5 heteroatoms. The molecule has 4 nitrogen and oxygen atoms in total. The predicted octanol–water partition coefficient (Wildman–Crippen LogP) is 2.23. The molecule has 0 saturated carbocycles. The van der Waals surface area contributed by atoms with Gasteiger partial charge >= 0.3 is 11.9 Å². The van der Waals surface area contributed by atoms with Crippen molar-refractivity contribution < 1.29 is 14.7 Å². The van der Waals surface area contributed by atoms with Crippen LogP contribution in [-0.2, 0) is 9.59 Å². The van der Waals surface area contributed by atoms with Crippen molar-refractivity contribution in [3.63, 3.8) is 0 Å². The zero-order valence-corrected chi connectivity index (χ0v) is 10.8. The number of rotatable bonds is 3. The van der Waals surface area contributed by atoms with Crippen LogP contribution in [0.25, 0.3) is 0 Å². The molecule has 0 radical (unpaired) electrons. The van der Waals surface area contributed by atoms with Crippen LogP contribution < -0.4 is 4.90 Å². The maximum atomic E-state index is 11.2. The summed E-state index contributed by atoms with van der Waals surface area (Å²) in [4.78, 5) is 24.0. The van der Waals surface area contributed by atoms with Gasteiger partial charge in [-0.2, -0.15) is 0 Å². The third-order valence-electron chi connectivity index (χ3n) is 2.08. The fraction of sp³-hybridized carbons (Fsp3) is 0.333. The lowest BCUT2D eigenvalue weighted by Gasteiger charge is -2.15. The Morgan fingerprint density at radius 2 is 1.76 bits per heavy atom. The number of amides is 1. The van der Waals surface area contributed by atoms with Gasteiger partial charge in [0.25, 0.3) is 0 Å². The first kappa shape index (κ1) is 13.6. The molecule has 0 saturated heterocycles. The maximum absolute atomic E-state index is 11.2. The molecule has 92 valence electrons. The second-order valence-corrected chi connectivity index (χ2v) is 5.48. The second kappa shape index (κ2) is 5.72. The number of thioether (sulfide) groups is 1. The third-order valence-corrected chi connectivity index (χ3v) is 3.10. The first-order valence-electron chi connectivity index (χ1n) is 5.19. The van der Waals surface area contributed by atoms with E-state index in [1.807, 2.05) is 12.1 Å².